The zero-order valence-corrected chi connectivity index (χ0v) is 21.6. The summed E-state index contributed by atoms with van der Waals surface area (Å²) < 4.78 is 16.4. The molecule has 3 aromatic rings. The van der Waals surface area contributed by atoms with Gasteiger partial charge in [0.25, 0.3) is 5.91 Å². The zero-order chi connectivity index (χ0) is 25.9. The number of nitrogens with zero attached hydrogens (tertiary/aromatic N) is 2. The highest BCUT2D eigenvalue weighted by atomic mass is 16.7. The zero-order valence-electron chi connectivity index (χ0n) is 21.6. The molecule has 190 valence electrons. The topological polar surface area (TPSA) is 72.2 Å². The minimum atomic E-state index is -0.169. The molecule has 7 nitrogen and oxygen atoms in total. The van der Waals surface area contributed by atoms with Gasteiger partial charge in [0.2, 0.25) is 12.7 Å². The van der Waals surface area contributed by atoms with E-state index in [0.717, 1.165) is 11.1 Å². The Balaban J connectivity index is 1.53. The Bertz CT molecular complexity index is 1190. The van der Waals surface area contributed by atoms with Crippen molar-refractivity contribution in [3.8, 4) is 11.5 Å². The van der Waals surface area contributed by atoms with Gasteiger partial charge in [-0.15, -0.1) is 0 Å². The summed E-state index contributed by atoms with van der Waals surface area (Å²) in [6.45, 7) is 11.0. The number of hydrogen-bond acceptors (Lipinski definition) is 5. The summed E-state index contributed by atoms with van der Waals surface area (Å²) in [5.41, 5.74) is 2.62. The third kappa shape index (κ3) is 5.90. The molecule has 1 aliphatic heterocycles. The summed E-state index contributed by atoms with van der Waals surface area (Å²) in [6.07, 6.45) is 1.59. The normalized spacial score (nSPS) is 12.6. The maximum Gasteiger partial charge on any atom is 0.254 e. The van der Waals surface area contributed by atoms with Crippen molar-refractivity contribution >= 4 is 11.8 Å². The highest BCUT2D eigenvalue weighted by Gasteiger charge is 2.26. The van der Waals surface area contributed by atoms with Crippen LogP contribution >= 0.6 is 0 Å². The molecule has 0 N–H and O–H groups in total. The smallest absolute Gasteiger partial charge is 0.254 e. The van der Waals surface area contributed by atoms with E-state index in [4.69, 9.17) is 13.9 Å². The molecular formula is C29H34N2O5. The fourth-order valence-corrected chi connectivity index (χ4v) is 4.10. The second kappa shape index (κ2) is 10.5. The molecule has 0 saturated carbocycles. The Morgan fingerprint density at radius 1 is 0.944 bits per heavy atom. The number of furan rings is 1. The fraction of sp³-hybridized carbons (Fsp3) is 0.379. The molecule has 2 heterocycles. The van der Waals surface area contributed by atoms with Gasteiger partial charge in [0.05, 0.1) is 12.8 Å². The first kappa shape index (κ1) is 25.4. The molecule has 0 unspecified atom stereocenters. The van der Waals surface area contributed by atoms with E-state index < -0.39 is 0 Å². The predicted octanol–water partition coefficient (Wildman–Crippen LogP) is 5.39. The summed E-state index contributed by atoms with van der Waals surface area (Å²) in [5, 5.41) is 0. The van der Waals surface area contributed by atoms with Crippen LogP contribution in [0.3, 0.4) is 0 Å². The van der Waals surface area contributed by atoms with E-state index in [2.05, 4.69) is 20.8 Å². The van der Waals surface area contributed by atoms with Crippen molar-refractivity contribution in [1.29, 1.82) is 0 Å². The van der Waals surface area contributed by atoms with Crippen LogP contribution < -0.4 is 9.47 Å². The highest BCUT2D eigenvalue weighted by molar-refractivity contribution is 5.96. The van der Waals surface area contributed by atoms with E-state index in [9.17, 15) is 9.59 Å². The maximum absolute atomic E-state index is 13.6. The summed E-state index contributed by atoms with van der Waals surface area (Å²) >= 11 is 0. The number of carbonyl (C=O) groups excluding carboxylic acids is 2. The number of amides is 2. The van der Waals surface area contributed by atoms with Crippen molar-refractivity contribution in [1.82, 2.24) is 9.80 Å². The first-order valence-corrected chi connectivity index (χ1v) is 12.2. The Morgan fingerprint density at radius 2 is 1.67 bits per heavy atom. The third-order valence-corrected chi connectivity index (χ3v) is 6.28. The second-order valence-corrected chi connectivity index (χ2v) is 10.4. The van der Waals surface area contributed by atoms with Crippen LogP contribution in [0.5, 0.6) is 11.5 Å². The predicted molar refractivity (Wildman–Crippen MR) is 137 cm³/mol. The number of hydrogen-bond donors (Lipinski definition) is 0. The molecule has 0 aliphatic carbocycles. The van der Waals surface area contributed by atoms with Gasteiger partial charge in [-0.25, -0.2) is 0 Å². The molecule has 0 atom stereocenters. The fourth-order valence-electron chi connectivity index (χ4n) is 4.10. The largest absolute Gasteiger partial charge is 0.467 e. The minimum absolute atomic E-state index is 0.00362. The van der Waals surface area contributed by atoms with Crippen LogP contribution in [0.25, 0.3) is 0 Å². The lowest BCUT2D eigenvalue weighted by Gasteiger charge is -2.30. The Labute approximate surface area is 212 Å². The van der Waals surface area contributed by atoms with E-state index in [1.165, 1.54) is 0 Å². The Hall–Kier alpha value is -3.74. The molecule has 0 saturated heterocycles. The summed E-state index contributed by atoms with van der Waals surface area (Å²) in [7, 11) is 0. The number of fused-ring (bicyclic) bond motifs is 1. The second-order valence-electron chi connectivity index (χ2n) is 10.4. The van der Waals surface area contributed by atoms with Crippen LogP contribution in [0, 0.1) is 0 Å². The van der Waals surface area contributed by atoms with Crippen LogP contribution in [0.15, 0.2) is 65.3 Å². The lowest BCUT2D eigenvalue weighted by atomic mass is 9.86. The van der Waals surface area contributed by atoms with Crippen molar-refractivity contribution in [2.24, 2.45) is 0 Å². The Morgan fingerprint density at radius 3 is 2.31 bits per heavy atom. The van der Waals surface area contributed by atoms with Gasteiger partial charge >= 0.3 is 0 Å². The molecule has 2 aromatic carbocycles. The quantitative estimate of drug-likeness (QED) is 0.424. The first-order valence-electron chi connectivity index (χ1n) is 12.2. The van der Waals surface area contributed by atoms with Crippen molar-refractivity contribution in [3.05, 3.63) is 83.3 Å². The molecule has 0 spiro atoms. The molecule has 4 rings (SSSR count). The molecular weight excluding hydrogens is 456 g/mol. The first-order chi connectivity index (χ1) is 17.1. The average molecular weight is 491 g/mol. The van der Waals surface area contributed by atoms with Gasteiger partial charge in [0.1, 0.15) is 12.3 Å². The van der Waals surface area contributed by atoms with Crippen molar-refractivity contribution in [3.63, 3.8) is 0 Å². The molecule has 0 fully saturated rings. The van der Waals surface area contributed by atoms with Gasteiger partial charge in [-0.05, 0) is 66.8 Å². The van der Waals surface area contributed by atoms with Crippen LogP contribution in [0.1, 0.15) is 61.9 Å². The molecule has 0 radical (unpaired) electrons. The van der Waals surface area contributed by atoms with E-state index in [-0.39, 0.29) is 36.6 Å². The SMILES string of the molecule is CC(C)N(CC(=O)N(Cc1ccc2c(c1)OCO2)Cc1ccco1)C(=O)c1ccc(C(C)(C)C)cc1. The van der Waals surface area contributed by atoms with Crippen LogP contribution in [0.4, 0.5) is 0 Å². The van der Waals surface area contributed by atoms with Gasteiger partial charge in [-0.2, -0.15) is 0 Å². The molecule has 7 heteroatoms. The highest BCUT2D eigenvalue weighted by Crippen LogP contribution is 2.33. The van der Waals surface area contributed by atoms with Gasteiger partial charge in [-0.3, -0.25) is 9.59 Å². The molecule has 2 amide bonds. The molecule has 1 aromatic heterocycles. The van der Waals surface area contributed by atoms with Crippen LogP contribution in [-0.4, -0.2) is 41.0 Å². The lowest BCUT2D eigenvalue weighted by molar-refractivity contribution is -0.133. The van der Waals surface area contributed by atoms with Crippen LogP contribution in [-0.2, 0) is 23.3 Å². The molecule has 1 aliphatic rings. The van der Waals surface area contributed by atoms with E-state index >= 15 is 0 Å². The third-order valence-electron chi connectivity index (χ3n) is 6.28. The van der Waals surface area contributed by atoms with Crippen LogP contribution in [0.2, 0.25) is 0 Å². The van der Waals surface area contributed by atoms with E-state index in [1.54, 1.807) is 22.1 Å². The summed E-state index contributed by atoms with van der Waals surface area (Å²) in [5.74, 6) is 1.69. The average Bonchev–Trinajstić information content (AvgIpc) is 3.52. The number of rotatable bonds is 8. The van der Waals surface area contributed by atoms with Crippen molar-refractivity contribution in [2.45, 2.75) is 59.2 Å². The number of benzene rings is 2. The van der Waals surface area contributed by atoms with Crippen molar-refractivity contribution < 1.29 is 23.5 Å². The lowest BCUT2D eigenvalue weighted by Crippen LogP contribution is -2.45. The minimum Gasteiger partial charge on any atom is -0.467 e. The molecule has 0 bridgehead atoms. The van der Waals surface area contributed by atoms with Gasteiger partial charge in [0, 0.05) is 18.2 Å². The van der Waals surface area contributed by atoms with Crippen molar-refractivity contribution in [2.75, 3.05) is 13.3 Å². The number of ether oxygens (including phenoxy) is 2. The number of carbonyl (C=O) groups is 2. The van der Waals surface area contributed by atoms with E-state index in [0.29, 0.717) is 35.9 Å². The standard InChI is InChI=1S/C29H34N2O5/c1-20(2)31(28(33)22-9-11-23(12-10-22)29(3,4)5)18-27(32)30(17-24-7-6-14-34-24)16-21-8-13-25-26(15-21)36-19-35-25/h6-15,20H,16-19H2,1-5H3. The van der Waals surface area contributed by atoms with Gasteiger partial charge < -0.3 is 23.7 Å². The Kier molecular flexibility index (Phi) is 7.38. The van der Waals surface area contributed by atoms with Gasteiger partial charge in [0.15, 0.2) is 11.5 Å². The monoisotopic (exact) mass is 490 g/mol. The van der Waals surface area contributed by atoms with Gasteiger partial charge in [-0.1, -0.05) is 39.0 Å². The molecule has 36 heavy (non-hydrogen) atoms. The summed E-state index contributed by atoms with van der Waals surface area (Å²) in [4.78, 5) is 30.3. The maximum atomic E-state index is 13.6. The summed E-state index contributed by atoms with van der Waals surface area (Å²) in [6, 6.07) is 16.8. The van der Waals surface area contributed by atoms with E-state index in [1.807, 2.05) is 62.4 Å².